The number of fused-ring (bicyclic) bond motifs is 2. The van der Waals surface area contributed by atoms with Crippen molar-refractivity contribution in [3.63, 3.8) is 0 Å². The lowest BCUT2D eigenvalue weighted by atomic mass is 10.1. The molecule has 0 aliphatic heterocycles. The maximum atomic E-state index is 13.3. The molecule has 1 amide bonds. The van der Waals surface area contributed by atoms with Crippen LogP contribution in [-0.4, -0.2) is 37.4 Å². The Morgan fingerprint density at radius 1 is 1.17 bits per heavy atom. The summed E-state index contributed by atoms with van der Waals surface area (Å²) in [7, 11) is 0. The number of hydrogen-bond donors (Lipinski definition) is 0. The summed E-state index contributed by atoms with van der Waals surface area (Å²) >= 11 is 0. The first-order chi connectivity index (χ1) is 17.3. The number of nitrogens with zero attached hydrogens (tertiary/aromatic N) is 5. The van der Waals surface area contributed by atoms with Gasteiger partial charge in [0.25, 0.3) is 17.2 Å². The van der Waals surface area contributed by atoms with Crippen LogP contribution in [0.1, 0.15) is 46.5 Å². The zero-order valence-corrected chi connectivity index (χ0v) is 19.9. The summed E-state index contributed by atoms with van der Waals surface area (Å²) in [5.41, 5.74) is 0.285. The van der Waals surface area contributed by atoms with Crippen LogP contribution in [0.5, 0.6) is 0 Å². The van der Waals surface area contributed by atoms with Crippen molar-refractivity contribution in [2.45, 2.75) is 33.7 Å². The summed E-state index contributed by atoms with van der Waals surface area (Å²) in [5.74, 6) is -1.55. The number of aryl methyl sites for hydroxylation is 2. The molecule has 1 aromatic carbocycles. The van der Waals surface area contributed by atoms with Gasteiger partial charge in [-0.15, -0.1) is 0 Å². The van der Waals surface area contributed by atoms with Gasteiger partial charge >= 0.3 is 5.97 Å². The summed E-state index contributed by atoms with van der Waals surface area (Å²) in [5, 5.41) is 11.5. The van der Waals surface area contributed by atoms with E-state index in [1.165, 1.54) is 27.2 Å². The first-order valence-corrected chi connectivity index (χ1v) is 11.3. The number of carbonyl (C=O) groups excluding carboxylic acids is 2. The van der Waals surface area contributed by atoms with Crippen molar-refractivity contribution in [2.75, 3.05) is 6.61 Å². The Labute approximate surface area is 204 Å². The molecule has 3 heterocycles. The number of amides is 1. The highest BCUT2D eigenvalue weighted by molar-refractivity contribution is 5.97. The second kappa shape index (κ2) is 9.90. The van der Waals surface area contributed by atoms with Crippen LogP contribution in [0, 0.1) is 17.0 Å². The van der Waals surface area contributed by atoms with Crippen molar-refractivity contribution < 1.29 is 19.2 Å². The zero-order chi connectivity index (χ0) is 26.0. The van der Waals surface area contributed by atoms with Crippen molar-refractivity contribution in [3.8, 4) is 0 Å². The lowest BCUT2D eigenvalue weighted by molar-refractivity contribution is -0.385. The quantitative estimate of drug-likeness (QED) is 0.175. The minimum absolute atomic E-state index is 0.0169. The van der Waals surface area contributed by atoms with Gasteiger partial charge in [0.2, 0.25) is 0 Å². The minimum atomic E-state index is -0.787. The summed E-state index contributed by atoms with van der Waals surface area (Å²) < 4.78 is 8.09. The summed E-state index contributed by atoms with van der Waals surface area (Å²) in [6.07, 6.45) is 2.15. The molecule has 0 N–H and O–H groups in total. The molecular weight excluding hydrogens is 466 g/mol. The highest BCUT2D eigenvalue weighted by Gasteiger charge is 2.21. The van der Waals surface area contributed by atoms with E-state index in [0.717, 1.165) is 6.07 Å². The van der Waals surface area contributed by atoms with Crippen LogP contribution in [0.4, 0.5) is 5.69 Å². The van der Waals surface area contributed by atoms with Gasteiger partial charge in [-0.1, -0.05) is 19.1 Å². The van der Waals surface area contributed by atoms with E-state index in [-0.39, 0.29) is 39.9 Å². The number of hydrogen-bond acceptors (Lipinski definition) is 7. The normalized spacial score (nSPS) is 11.7. The monoisotopic (exact) mass is 489 g/mol. The fourth-order valence-corrected chi connectivity index (χ4v) is 3.89. The number of aromatic nitrogens is 3. The van der Waals surface area contributed by atoms with Gasteiger partial charge in [0.15, 0.2) is 5.49 Å². The number of esters is 1. The molecule has 3 aromatic heterocycles. The van der Waals surface area contributed by atoms with E-state index in [4.69, 9.17) is 4.74 Å². The van der Waals surface area contributed by atoms with Crippen molar-refractivity contribution in [3.05, 3.63) is 91.3 Å². The average molecular weight is 489 g/mol. The van der Waals surface area contributed by atoms with Gasteiger partial charge < -0.3 is 9.30 Å². The predicted octanol–water partition coefficient (Wildman–Crippen LogP) is 3.19. The lowest BCUT2D eigenvalue weighted by Gasteiger charge is -2.14. The van der Waals surface area contributed by atoms with Crippen molar-refractivity contribution in [2.24, 2.45) is 4.99 Å². The van der Waals surface area contributed by atoms with Crippen molar-refractivity contribution >= 4 is 34.2 Å². The number of nitro benzene ring substituents is 1. The fraction of sp³-hybridized carbons (Fsp3) is 0.240. The van der Waals surface area contributed by atoms with E-state index >= 15 is 0 Å². The number of nitro groups is 1. The molecule has 0 unspecified atom stereocenters. The molecule has 4 aromatic rings. The third kappa shape index (κ3) is 4.38. The number of ether oxygens (including phenoxy) is 1. The van der Waals surface area contributed by atoms with E-state index < -0.39 is 22.4 Å². The average Bonchev–Trinajstić information content (AvgIpc) is 2.85. The molecule has 0 spiro atoms. The highest BCUT2D eigenvalue weighted by atomic mass is 16.6. The summed E-state index contributed by atoms with van der Waals surface area (Å²) in [4.78, 5) is 58.9. The van der Waals surface area contributed by atoms with Crippen LogP contribution in [0.3, 0.4) is 0 Å². The molecule has 0 atom stereocenters. The third-order valence-electron chi connectivity index (χ3n) is 5.59. The molecule has 0 radical (unpaired) electrons. The van der Waals surface area contributed by atoms with Crippen LogP contribution < -0.4 is 11.0 Å². The summed E-state index contributed by atoms with van der Waals surface area (Å²) in [6.45, 7) is 5.45. The van der Waals surface area contributed by atoms with Crippen molar-refractivity contribution in [1.29, 1.82) is 0 Å². The number of rotatable bonds is 6. The Morgan fingerprint density at radius 3 is 2.64 bits per heavy atom. The second-order valence-corrected chi connectivity index (χ2v) is 8.01. The maximum absolute atomic E-state index is 13.3. The molecule has 0 saturated carbocycles. The predicted molar refractivity (Wildman–Crippen MR) is 131 cm³/mol. The van der Waals surface area contributed by atoms with Gasteiger partial charge in [0, 0.05) is 29.9 Å². The van der Waals surface area contributed by atoms with Crippen LogP contribution in [-0.2, 0) is 11.3 Å². The Bertz CT molecular complexity index is 1670. The van der Waals surface area contributed by atoms with Crippen LogP contribution in [0.15, 0.2) is 58.4 Å². The van der Waals surface area contributed by atoms with E-state index in [1.807, 2.05) is 6.92 Å². The van der Waals surface area contributed by atoms with Gasteiger partial charge in [-0.25, -0.2) is 9.78 Å². The smallest absolute Gasteiger partial charge is 0.341 e. The van der Waals surface area contributed by atoms with E-state index in [9.17, 15) is 24.5 Å². The van der Waals surface area contributed by atoms with Crippen LogP contribution in [0.25, 0.3) is 16.7 Å². The topological polar surface area (TPSA) is 138 Å². The summed E-state index contributed by atoms with van der Waals surface area (Å²) in [6, 6.07) is 10.5. The molecule has 0 aliphatic rings. The Kier molecular flexibility index (Phi) is 6.73. The molecule has 0 aliphatic carbocycles. The van der Waals surface area contributed by atoms with E-state index in [1.54, 1.807) is 38.2 Å². The largest absolute Gasteiger partial charge is 0.462 e. The molecule has 0 fully saturated rings. The van der Waals surface area contributed by atoms with E-state index in [2.05, 4.69) is 9.98 Å². The molecular formula is C25H23N5O6. The Balaban J connectivity index is 2.08. The molecule has 11 heteroatoms. The van der Waals surface area contributed by atoms with Gasteiger partial charge in [-0.05, 0) is 44.5 Å². The fourth-order valence-electron chi connectivity index (χ4n) is 3.89. The standard InChI is InChI=1S/C25H23N5O6/c1-4-11-29-21-17(24(32)28-12-7-6-8-20(28)26-21)14-18(25(33)36-5-2)22(29)27-23(31)16-10-9-15(3)19(13-16)30(34)35/h6-10,12-14H,4-5,11H2,1-3H3. The zero-order valence-electron chi connectivity index (χ0n) is 19.9. The molecule has 36 heavy (non-hydrogen) atoms. The number of benzene rings is 1. The molecule has 11 nitrogen and oxygen atoms in total. The highest BCUT2D eigenvalue weighted by Crippen LogP contribution is 2.20. The van der Waals surface area contributed by atoms with E-state index in [0.29, 0.717) is 24.2 Å². The molecule has 0 saturated heterocycles. The second-order valence-electron chi connectivity index (χ2n) is 8.01. The maximum Gasteiger partial charge on any atom is 0.341 e. The minimum Gasteiger partial charge on any atom is -0.462 e. The molecule has 0 bridgehead atoms. The SMILES string of the molecule is CCCn1c(=NC(=O)c2ccc(C)c([N+](=O)[O-])c2)c(C(=O)OCC)cc2c(=O)n3ccccc3nc21. The lowest BCUT2D eigenvalue weighted by Crippen LogP contribution is -2.32. The molecule has 4 rings (SSSR count). The van der Waals surface area contributed by atoms with Crippen LogP contribution >= 0.6 is 0 Å². The van der Waals surface area contributed by atoms with Gasteiger partial charge in [0.1, 0.15) is 16.9 Å². The number of carbonyl (C=O) groups is 2. The van der Waals surface area contributed by atoms with Gasteiger partial charge in [-0.2, -0.15) is 4.99 Å². The van der Waals surface area contributed by atoms with Crippen molar-refractivity contribution in [1.82, 2.24) is 14.0 Å². The first-order valence-electron chi connectivity index (χ1n) is 11.3. The Morgan fingerprint density at radius 2 is 1.94 bits per heavy atom. The Hall–Kier alpha value is -4.67. The van der Waals surface area contributed by atoms with Gasteiger partial charge in [-0.3, -0.25) is 24.1 Å². The van der Waals surface area contributed by atoms with Gasteiger partial charge in [0.05, 0.1) is 16.9 Å². The molecule has 184 valence electrons. The number of pyridine rings is 2. The first kappa shape index (κ1) is 24.5. The third-order valence-corrected chi connectivity index (χ3v) is 5.59. The van der Waals surface area contributed by atoms with Crippen LogP contribution in [0.2, 0.25) is 0 Å².